The second kappa shape index (κ2) is 7.10. The summed E-state index contributed by atoms with van der Waals surface area (Å²) in [6.07, 6.45) is 0.425. The first-order valence-corrected chi connectivity index (χ1v) is 10.4. The number of nitrogens with two attached hydrogens (primary N) is 1. The van der Waals surface area contributed by atoms with E-state index in [1.54, 1.807) is 30.3 Å². The van der Waals surface area contributed by atoms with Crippen LogP contribution in [0.15, 0.2) is 62.8 Å². The SMILES string of the molecule is NS(=O)(=O)c1ccc(CCNS(=O)(=O)c2ccccc2Br)cc1. The minimum Gasteiger partial charge on any atom is -0.225 e. The highest BCUT2D eigenvalue weighted by molar-refractivity contribution is 9.10. The lowest BCUT2D eigenvalue weighted by Gasteiger charge is -2.08. The second-order valence-electron chi connectivity index (χ2n) is 4.77. The second-order valence-corrected chi connectivity index (χ2v) is 8.92. The van der Waals surface area contributed by atoms with Gasteiger partial charge in [0.1, 0.15) is 0 Å². The minimum atomic E-state index is -3.72. The fourth-order valence-electron chi connectivity index (χ4n) is 1.92. The van der Waals surface area contributed by atoms with Gasteiger partial charge in [-0.1, -0.05) is 24.3 Å². The van der Waals surface area contributed by atoms with Crippen LogP contribution in [0.5, 0.6) is 0 Å². The molecule has 0 unspecified atom stereocenters. The quantitative estimate of drug-likeness (QED) is 0.742. The van der Waals surface area contributed by atoms with Crippen molar-refractivity contribution in [2.75, 3.05) is 6.54 Å². The summed E-state index contributed by atoms with van der Waals surface area (Å²) in [7, 11) is -7.33. The van der Waals surface area contributed by atoms with Gasteiger partial charge in [-0.3, -0.25) is 0 Å². The molecule has 0 saturated heterocycles. The van der Waals surface area contributed by atoms with Crippen LogP contribution >= 0.6 is 15.9 Å². The van der Waals surface area contributed by atoms with E-state index in [-0.39, 0.29) is 16.3 Å². The molecule has 0 saturated carbocycles. The van der Waals surface area contributed by atoms with Crippen molar-refractivity contribution < 1.29 is 16.8 Å². The first-order valence-electron chi connectivity index (χ1n) is 6.56. The molecule has 124 valence electrons. The maximum atomic E-state index is 12.2. The lowest BCUT2D eigenvalue weighted by atomic mass is 10.2. The molecule has 0 aliphatic heterocycles. The third-order valence-corrected chi connectivity index (χ3v) is 6.49. The normalized spacial score (nSPS) is 12.3. The average molecular weight is 419 g/mol. The molecular formula is C14H15BrN2O4S2. The largest absolute Gasteiger partial charge is 0.241 e. The van der Waals surface area contributed by atoms with E-state index < -0.39 is 20.0 Å². The summed E-state index contributed by atoms with van der Waals surface area (Å²) in [5.74, 6) is 0. The van der Waals surface area contributed by atoms with Gasteiger partial charge in [0.25, 0.3) is 0 Å². The smallest absolute Gasteiger partial charge is 0.225 e. The van der Waals surface area contributed by atoms with Crippen molar-refractivity contribution in [2.45, 2.75) is 16.2 Å². The molecule has 2 aromatic carbocycles. The lowest BCUT2D eigenvalue weighted by Crippen LogP contribution is -2.26. The van der Waals surface area contributed by atoms with Crippen LogP contribution in [0.2, 0.25) is 0 Å². The zero-order valence-corrected chi connectivity index (χ0v) is 15.2. The first kappa shape index (κ1) is 18.1. The number of benzene rings is 2. The third kappa shape index (κ3) is 4.85. The molecule has 0 radical (unpaired) electrons. The molecule has 0 fully saturated rings. The molecule has 2 aromatic rings. The van der Waals surface area contributed by atoms with Crippen LogP contribution in [0.25, 0.3) is 0 Å². The fourth-order valence-corrected chi connectivity index (χ4v) is 4.46. The van der Waals surface area contributed by atoms with Gasteiger partial charge >= 0.3 is 0 Å². The molecule has 0 aliphatic rings. The highest BCUT2D eigenvalue weighted by Crippen LogP contribution is 2.20. The summed E-state index contributed by atoms with van der Waals surface area (Å²) in [5, 5.41) is 5.02. The van der Waals surface area contributed by atoms with Crippen molar-refractivity contribution in [1.29, 1.82) is 0 Å². The number of hydrogen-bond acceptors (Lipinski definition) is 4. The molecule has 3 N–H and O–H groups in total. The molecule has 0 spiro atoms. The molecule has 9 heteroatoms. The zero-order chi connectivity index (χ0) is 17.1. The summed E-state index contributed by atoms with van der Waals surface area (Å²) in [6.45, 7) is 0.193. The van der Waals surface area contributed by atoms with Crippen molar-refractivity contribution in [2.24, 2.45) is 5.14 Å². The van der Waals surface area contributed by atoms with Crippen molar-refractivity contribution in [3.63, 3.8) is 0 Å². The summed E-state index contributed by atoms with van der Waals surface area (Å²) in [6, 6.07) is 12.5. The van der Waals surface area contributed by atoms with E-state index in [9.17, 15) is 16.8 Å². The van der Waals surface area contributed by atoms with Crippen LogP contribution in [0.4, 0.5) is 0 Å². The standard InChI is InChI=1S/C14H15BrN2O4S2/c15-13-3-1-2-4-14(13)23(20,21)17-10-9-11-5-7-12(8-6-11)22(16,18)19/h1-8,17H,9-10H2,(H2,16,18,19). The van der Waals surface area contributed by atoms with Gasteiger partial charge in [-0.25, -0.2) is 26.7 Å². The summed E-state index contributed by atoms with van der Waals surface area (Å²) in [5.41, 5.74) is 0.798. The van der Waals surface area contributed by atoms with Crippen LogP contribution in [-0.4, -0.2) is 23.4 Å². The molecule has 6 nitrogen and oxygen atoms in total. The van der Waals surface area contributed by atoms with E-state index >= 15 is 0 Å². The predicted molar refractivity (Wildman–Crippen MR) is 90.8 cm³/mol. The van der Waals surface area contributed by atoms with Crippen LogP contribution < -0.4 is 9.86 Å². The number of nitrogens with one attached hydrogen (secondary N) is 1. The van der Waals surface area contributed by atoms with Gasteiger partial charge in [-0.05, 0) is 52.2 Å². The van der Waals surface area contributed by atoms with E-state index in [1.165, 1.54) is 18.2 Å². The maximum absolute atomic E-state index is 12.2. The van der Waals surface area contributed by atoms with Crippen LogP contribution in [0.1, 0.15) is 5.56 Å². The Morgan fingerprint density at radius 3 is 2.13 bits per heavy atom. The Kier molecular flexibility index (Phi) is 5.58. The Morgan fingerprint density at radius 1 is 0.957 bits per heavy atom. The van der Waals surface area contributed by atoms with Crippen molar-refractivity contribution in [3.8, 4) is 0 Å². The van der Waals surface area contributed by atoms with E-state index in [0.717, 1.165) is 5.56 Å². The number of hydrogen-bond donors (Lipinski definition) is 2. The number of primary sulfonamides is 1. The Hall–Kier alpha value is -1.26. The van der Waals surface area contributed by atoms with Gasteiger partial charge in [-0.15, -0.1) is 0 Å². The Balaban J connectivity index is 2.01. The molecule has 0 amide bonds. The third-order valence-electron chi connectivity index (χ3n) is 3.08. The lowest BCUT2D eigenvalue weighted by molar-refractivity contribution is 0.581. The molecule has 23 heavy (non-hydrogen) atoms. The molecule has 0 heterocycles. The van der Waals surface area contributed by atoms with Crippen LogP contribution in [0.3, 0.4) is 0 Å². The number of rotatable bonds is 6. The fraction of sp³-hybridized carbons (Fsp3) is 0.143. The number of halogens is 1. The highest BCUT2D eigenvalue weighted by Gasteiger charge is 2.16. The van der Waals surface area contributed by atoms with Gasteiger partial charge in [-0.2, -0.15) is 0 Å². The Bertz CT molecular complexity index is 895. The van der Waals surface area contributed by atoms with E-state index in [2.05, 4.69) is 20.7 Å². The molecule has 0 aliphatic carbocycles. The Morgan fingerprint density at radius 2 is 1.57 bits per heavy atom. The van der Waals surface area contributed by atoms with Gasteiger partial charge in [0.05, 0.1) is 9.79 Å². The predicted octanol–water partition coefficient (Wildman–Crippen LogP) is 1.62. The van der Waals surface area contributed by atoms with E-state index in [4.69, 9.17) is 5.14 Å². The molecule has 0 bridgehead atoms. The van der Waals surface area contributed by atoms with Crippen molar-refractivity contribution >= 4 is 36.0 Å². The van der Waals surface area contributed by atoms with Gasteiger partial charge in [0.15, 0.2) is 0 Å². The Labute approximate surface area is 143 Å². The monoisotopic (exact) mass is 418 g/mol. The molecule has 0 atom stereocenters. The van der Waals surface area contributed by atoms with Crippen LogP contribution in [-0.2, 0) is 26.5 Å². The van der Waals surface area contributed by atoms with Crippen LogP contribution in [0, 0.1) is 0 Å². The summed E-state index contributed by atoms with van der Waals surface area (Å²) in [4.78, 5) is 0.194. The van der Waals surface area contributed by atoms with Crippen molar-refractivity contribution in [1.82, 2.24) is 4.72 Å². The van der Waals surface area contributed by atoms with E-state index in [1.807, 2.05) is 0 Å². The number of sulfonamides is 2. The van der Waals surface area contributed by atoms with Gasteiger partial charge in [0.2, 0.25) is 20.0 Å². The topological polar surface area (TPSA) is 106 Å². The zero-order valence-electron chi connectivity index (χ0n) is 11.9. The van der Waals surface area contributed by atoms with Gasteiger partial charge in [0, 0.05) is 11.0 Å². The molecular weight excluding hydrogens is 404 g/mol. The summed E-state index contributed by atoms with van der Waals surface area (Å²) < 4.78 is 49.7. The average Bonchev–Trinajstić information content (AvgIpc) is 2.47. The van der Waals surface area contributed by atoms with Crippen molar-refractivity contribution in [3.05, 3.63) is 58.6 Å². The minimum absolute atomic E-state index is 0.0232. The molecule has 0 aromatic heterocycles. The maximum Gasteiger partial charge on any atom is 0.241 e. The summed E-state index contributed by atoms with van der Waals surface area (Å²) >= 11 is 3.21. The molecule has 2 rings (SSSR count). The highest BCUT2D eigenvalue weighted by atomic mass is 79.9. The first-order chi connectivity index (χ1) is 10.7. The van der Waals surface area contributed by atoms with Gasteiger partial charge < -0.3 is 0 Å². The van der Waals surface area contributed by atoms with E-state index in [0.29, 0.717) is 10.9 Å².